The van der Waals surface area contributed by atoms with Gasteiger partial charge in [-0.2, -0.15) is 0 Å². The van der Waals surface area contributed by atoms with E-state index in [1.54, 1.807) is 38.3 Å². The second kappa shape index (κ2) is 87.5. The zero-order valence-corrected chi connectivity index (χ0v) is 83.1. The summed E-state index contributed by atoms with van der Waals surface area (Å²) in [6, 6.07) is 45.6. The second-order valence-corrected chi connectivity index (χ2v) is 43.1. The van der Waals surface area contributed by atoms with Crippen molar-refractivity contribution in [3.8, 4) is 28.7 Å². The largest absolute Gasteiger partial charge is 0 e. The number of amides is 5. The summed E-state index contributed by atoms with van der Waals surface area (Å²) in [4.78, 5) is 124. The number of ether oxygens (including phenoxy) is 1. The van der Waals surface area contributed by atoms with Gasteiger partial charge >= 0.3 is 94.2 Å². The van der Waals surface area contributed by atoms with E-state index in [0.717, 1.165) is 22.3 Å². The molecule has 0 aliphatic heterocycles. The Bertz CT molecular complexity index is 4630. The van der Waals surface area contributed by atoms with Crippen LogP contribution in [-0.4, -0.2) is 227 Å². The van der Waals surface area contributed by atoms with Gasteiger partial charge in [-0.15, -0.1) is 0 Å². The van der Waals surface area contributed by atoms with Crippen LogP contribution in [0, 0.1) is 173 Å². The standard InChI is InChI=1S/C23H25N3O3.2C16H19N3O3.2C9H13N3O3.6ClH.4Gd.16H2O/c1-17-14-20(22(27)25-13-12-24)21(29-16-19-10-6-3-7-11-19)23(28)26(17)15-18-8-4-2-5-9-18;2*1-11-9-13(15(21)18-8-7-17)14(20)16(22)19(11)10-12-5-3-2-4-6-12;2*1-5-4-6(7(13)9(15)12-5)8(14)11-3-2-10;;;;;;;;;;;;;;;;;;;;;;;;;;/h2-11,14H,12-13,15-16,24H2,1H3,(H,25,27);2*2-6,9,20H,7-8,10,17H2,1H3,(H,18,21);2*4,13H,2-3,10H2,1H3,(H,11,14)(H,12,15);6*1H;;;;;16*1H2/q;;;;;;;;;;;;;2*+3;;;;;;;;;;;;;;;;/p-6. The zero-order valence-electron chi connectivity index (χ0n) is 69.5. The van der Waals surface area contributed by atoms with E-state index in [-0.39, 0.29) is 245 Å². The summed E-state index contributed by atoms with van der Waals surface area (Å²) >= 11 is -3.96. The van der Waals surface area contributed by atoms with Crippen LogP contribution >= 0.6 is 35.8 Å². The fourth-order valence-electron chi connectivity index (χ4n) is 9.65. The first-order valence-corrected chi connectivity index (χ1v) is 50.3. The van der Waals surface area contributed by atoms with Crippen LogP contribution in [0.2, 0.25) is 0 Å². The van der Waals surface area contributed by atoms with Crippen LogP contribution in [0.1, 0.15) is 103 Å². The van der Waals surface area contributed by atoms with Gasteiger partial charge in [-0.1, -0.05) is 121 Å². The quantitative estimate of drug-likeness (QED) is 0.0267. The van der Waals surface area contributed by atoms with Gasteiger partial charge in [-0.3, -0.25) is 47.9 Å². The van der Waals surface area contributed by atoms with E-state index in [2.05, 4.69) is 36.6 Å². The van der Waals surface area contributed by atoms with E-state index in [9.17, 15) is 68.4 Å². The number of aromatic amines is 2. The number of benzene rings is 4. The number of aromatic hydroxyl groups is 4. The summed E-state index contributed by atoms with van der Waals surface area (Å²) in [5, 5.41) is 51.5. The number of H-pyrrole nitrogens is 2. The summed E-state index contributed by atoms with van der Waals surface area (Å²) in [6.45, 7) is 12.8. The Hall–Kier alpha value is -5.82. The summed E-state index contributed by atoms with van der Waals surface area (Å²) in [6.07, 6.45) is 0. The third kappa shape index (κ3) is 57.5. The molecule has 0 spiro atoms. The molecule has 4 aromatic carbocycles. The number of nitrogens with zero attached hydrogens (tertiary/aromatic N) is 3. The Labute approximate surface area is 845 Å². The van der Waals surface area contributed by atoms with Gasteiger partial charge in [0.1, 0.15) is 6.61 Å². The van der Waals surface area contributed by atoms with Crippen LogP contribution in [-0.2, 0) is 26.2 Å². The van der Waals surface area contributed by atoms with Gasteiger partial charge in [0.25, 0.3) is 57.3 Å². The number of hydrogen-bond donors (Lipinski definition) is 16. The fraction of sp³-hybridized carbons (Fsp3) is 0.260. The average molecular weight is 2550 g/mol. The molecule has 0 radical (unpaired) electrons. The monoisotopic (exact) mass is 2550 g/mol. The molecule has 0 unspecified atom stereocenters. The van der Waals surface area contributed by atoms with Crippen LogP contribution < -0.4 is 87.8 Å². The third-order valence-electron chi connectivity index (χ3n) is 14.9. The number of hydrogen-bond acceptors (Lipinski definition) is 20. The summed E-state index contributed by atoms with van der Waals surface area (Å²) in [5.74, 6) is 25.3. The summed E-state index contributed by atoms with van der Waals surface area (Å²) in [5.41, 5.74) is 30.5. The van der Waals surface area contributed by atoms with Crippen molar-refractivity contribution in [3.63, 3.8) is 0 Å². The molecule has 0 fully saturated rings. The predicted molar refractivity (Wildman–Crippen MR) is 484 cm³/mol. The fourth-order valence-corrected chi connectivity index (χ4v) is 9.65. The maximum Gasteiger partial charge on any atom is 0 e. The molecule has 129 heavy (non-hydrogen) atoms. The van der Waals surface area contributed by atoms with Gasteiger partial charge in [0.05, 0.1) is 47.5 Å². The molecule has 5 amide bonds. The number of carbonyl (C=O) groups excluding carboxylic acids is 5. The molecular formula is C73H121Cl6Gd4N15O31. The smallest absolute Gasteiger partial charge is 0 e. The number of rotatable bonds is 24. The zero-order chi connectivity index (χ0) is 82.9. The Balaban J connectivity index is -0.0000000848. The van der Waals surface area contributed by atoms with Crippen molar-refractivity contribution in [3.05, 3.63) is 282 Å². The minimum Gasteiger partial charge on any atom is 0 e. The van der Waals surface area contributed by atoms with Crippen molar-refractivity contribution in [2.45, 2.75) is 60.9 Å². The molecule has 56 heteroatoms. The van der Waals surface area contributed by atoms with E-state index in [1.165, 1.54) is 33.4 Å². The molecule has 0 atom stereocenters. The van der Waals surface area contributed by atoms with Crippen molar-refractivity contribution < 1.29 is 275 Å². The van der Waals surface area contributed by atoms with Crippen LogP contribution in [0.4, 0.5) is 0 Å². The van der Waals surface area contributed by atoms with E-state index < -0.39 is 127 Å². The van der Waals surface area contributed by atoms with Crippen molar-refractivity contribution in [2.75, 3.05) is 65.4 Å². The molecule has 748 valence electrons. The Morgan fingerprint density at radius 3 is 0.767 bits per heavy atom. The van der Waals surface area contributed by atoms with Crippen LogP contribution in [0.3, 0.4) is 0 Å². The number of halogens is 6. The van der Waals surface area contributed by atoms with Crippen molar-refractivity contribution in [1.82, 2.24) is 50.3 Å². The van der Waals surface area contributed by atoms with E-state index in [0.29, 0.717) is 87.4 Å². The first-order valence-electron chi connectivity index (χ1n) is 33.3. The van der Waals surface area contributed by atoms with Crippen LogP contribution in [0.5, 0.6) is 28.7 Å². The molecule has 9 rings (SSSR count). The molecule has 0 aliphatic carbocycles. The first kappa shape index (κ1) is 160. The van der Waals surface area contributed by atoms with Gasteiger partial charge in [-0.05, 0) is 87.2 Å². The molecule has 0 saturated carbocycles. The number of carbonyl (C=O) groups is 5. The number of aryl methyl sites for hydroxylation is 5. The molecule has 0 saturated heterocycles. The normalized spacial score (nSPS) is 8.96. The van der Waals surface area contributed by atoms with Gasteiger partial charge in [0.15, 0.2) is 28.7 Å². The number of pyridine rings is 5. The van der Waals surface area contributed by atoms with Gasteiger partial charge in [0, 0.05) is 174 Å². The first-order chi connectivity index (χ1) is 52.8. The second-order valence-electron chi connectivity index (χ2n) is 23.1. The minimum absolute atomic E-state index is 0. The van der Waals surface area contributed by atoms with Crippen molar-refractivity contribution in [2.24, 2.45) is 28.7 Å². The van der Waals surface area contributed by atoms with Crippen molar-refractivity contribution >= 4 is 65.4 Å². The van der Waals surface area contributed by atoms with Crippen LogP contribution in [0.15, 0.2) is 176 Å². The van der Waals surface area contributed by atoms with E-state index in [4.69, 9.17) is 69.2 Å². The Morgan fingerprint density at radius 2 is 0.535 bits per heavy atom. The molecule has 0 aliphatic rings. The maximum absolute atomic E-state index is 13.2. The molecule has 46 nitrogen and oxygen atoms in total. The minimum atomic E-state index is -1.98. The summed E-state index contributed by atoms with van der Waals surface area (Å²) in [7, 11) is 0. The molecule has 0 bridgehead atoms. The number of nitrogens with two attached hydrogens (primary N) is 5. The maximum atomic E-state index is 13.2. The SMILES string of the molecule is Cc1cc(C(=O)NCCN)c(O)c(=O)[nH]1.Cc1cc(C(=O)NCCN)c(O)c(=O)[nH]1.Cc1cc(C(=O)NCCN)c(O)c(=O)n1Cc1ccccc1.Cc1cc(C(=O)NCCN)c(O)c(=O)n1Cc1ccccc1.Cc1cc(C(=O)NCCN)c(OCc2ccccc2)c(=O)n1Cc1ccccc1.O.O.O.O.O.O.O.O.O.O.O.O.O.O.O.O.[Cl][Gd]([Cl])[Cl].[Cl][Gd]([Cl])[Cl].[Gd].[Gd]. The average Bonchev–Trinajstić information content (AvgIpc) is 0.794. The van der Waals surface area contributed by atoms with E-state index >= 15 is 0 Å². The third-order valence-corrected chi connectivity index (χ3v) is 14.9. The van der Waals surface area contributed by atoms with Gasteiger partial charge < -0.3 is 192 Å². The predicted octanol–water partition coefficient (Wildman–Crippen LogP) is -7.23. The Morgan fingerprint density at radius 1 is 0.333 bits per heavy atom. The summed E-state index contributed by atoms with van der Waals surface area (Å²) < 4.78 is 10.4. The molecule has 9 aromatic rings. The van der Waals surface area contributed by atoms with Crippen molar-refractivity contribution in [1.29, 1.82) is 0 Å². The van der Waals surface area contributed by atoms with E-state index in [1.807, 2.05) is 128 Å². The Kier molecular flexibility index (Phi) is 109. The molecule has 5 heterocycles. The topological polar surface area (TPSA) is 1000 Å². The molecular weight excluding hydrogens is 2420 g/mol. The molecule has 53 N–H and O–H groups in total. The number of nitrogens with one attached hydrogen (secondary N) is 7. The molecule has 5 aromatic heterocycles. The van der Waals surface area contributed by atoms with Crippen LogP contribution in [0.25, 0.3) is 0 Å². The van der Waals surface area contributed by atoms with Gasteiger partial charge in [-0.25, -0.2) is 0 Å². The van der Waals surface area contributed by atoms with Gasteiger partial charge in [0.2, 0.25) is 0 Å². The number of aromatic nitrogens is 5.